The standard InChI is InChI=1S/C13H12N4O3S/c18-21(19,16-11-5-2-1-3-6-11)12-7-4-8-14-13(12)17-15-9-10-20-17/h1-10,15-16H. The van der Waals surface area contributed by atoms with Crippen LogP contribution in [0.1, 0.15) is 0 Å². The van der Waals surface area contributed by atoms with Crippen LogP contribution in [0.15, 0.2) is 66.0 Å². The number of hydrogen-bond donors (Lipinski definition) is 2. The summed E-state index contributed by atoms with van der Waals surface area (Å²) in [6, 6.07) is 11.6. The Morgan fingerprint density at radius 2 is 1.95 bits per heavy atom. The molecule has 1 aromatic heterocycles. The molecule has 0 radical (unpaired) electrons. The van der Waals surface area contributed by atoms with Crippen LogP contribution in [-0.2, 0) is 14.9 Å². The smallest absolute Gasteiger partial charge is 0.265 e. The number of nitrogens with one attached hydrogen (secondary N) is 2. The first-order chi connectivity index (χ1) is 10.2. The van der Waals surface area contributed by atoms with Gasteiger partial charge >= 0.3 is 0 Å². The van der Waals surface area contributed by atoms with Crippen molar-refractivity contribution in [3.8, 4) is 0 Å². The molecule has 7 nitrogen and oxygen atoms in total. The average Bonchev–Trinajstić information content (AvgIpc) is 3.02. The lowest BCUT2D eigenvalue weighted by molar-refractivity contribution is 0.216. The van der Waals surface area contributed by atoms with Crippen LogP contribution in [-0.4, -0.2) is 13.4 Å². The quantitative estimate of drug-likeness (QED) is 0.893. The number of nitrogens with zero attached hydrogens (tertiary/aromatic N) is 2. The van der Waals surface area contributed by atoms with Crippen molar-refractivity contribution in [2.75, 3.05) is 9.89 Å². The normalized spacial score (nSPS) is 13.6. The highest BCUT2D eigenvalue weighted by molar-refractivity contribution is 7.92. The highest BCUT2D eigenvalue weighted by Crippen LogP contribution is 2.24. The third kappa shape index (κ3) is 2.75. The van der Waals surface area contributed by atoms with Crippen molar-refractivity contribution in [2.45, 2.75) is 4.90 Å². The van der Waals surface area contributed by atoms with Crippen molar-refractivity contribution in [1.82, 2.24) is 10.4 Å². The van der Waals surface area contributed by atoms with Gasteiger partial charge in [0.15, 0.2) is 0 Å². The van der Waals surface area contributed by atoms with E-state index in [1.165, 1.54) is 29.9 Å². The summed E-state index contributed by atoms with van der Waals surface area (Å²) >= 11 is 0. The summed E-state index contributed by atoms with van der Waals surface area (Å²) in [5, 5.41) is 1.17. The first-order valence-electron chi connectivity index (χ1n) is 6.08. The Balaban J connectivity index is 1.95. The Bertz CT molecular complexity index is 754. The van der Waals surface area contributed by atoms with Crippen molar-refractivity contribution in [3.05, 3.63) is 61.1 Å². The van der Waals surface area contributed by atoms with E-state index in [1.54, 1.807) is 36.4 Å². The van der Waals surface area contributed by atoms with Crippen molar-refractivity contribution < 1.29 is 13.3 Å². The van der Waals surface area contributed by atoms with Gasteiger partial charge in [-0.3, -0.25) is 10.1 Å². The van der Waals surface area contributed by atoms with Crippen LogP contribution in [0.4, 0.5) is 11.5 Å². The van der Waals surface area contributed by atoms with Crippen LogP contribution in [0.3, 0.4) is 0 Å². The van der Waals surface area contributed by atoms with E-state index in [9.17, 15) is 8.42 Å². The highest BCUT2D eigenvalue weighted by atomic mass is 32.2. The predicted molar refractivity (Wildman–Crippen MR) is 77.3 cm³/mol. The first kappa shape index (κ1) is 13.3. The van der Waals surface area contributed by atoms with Gasteiger partial charge in [-0.25, -0.2) is 13.4 Å². The molecule has 0 atom stereocenters. The molecule has 21 heavy (non-hydrogen) atoms. The molecule has 0 amide bonds. The molecule has 108 valence electrons. The van der Waals surface area contributed by atoms with E-state index in [2.05, 4.69) is 15.1 Å². The van der Waals surface area contributed by atoms with E-state index < -0.39 is 10.0 Å². The van der Waals surface area contributed by atoms with E-state index in [4.69, 9.17) is 4.84 Å². The van der Waals surface area contributed by atoms with Gasteiger partial charge in [0.05, 0.1) is 6.20 Å². The van der Waals surface area contributed by atoms with Crippen molar-refractivity contribution in [3.63, 3.8) is 0 Å². The summed E-state index contributed by atoms with van der Waals surface area (Å²) in [5.74, 6) is 0.144. The lowest BCUT2D eigenvalue weighted by Crippen LogP contribution is -2.31. The zero-order chi connectivity index (χ0) is 14.7. The van der Waals surface area contributed by atoms with Gasteiger partial charge in [-0.1, -0.05) is 23.4 Å². The summed E-state index contributed by atoms with van der Waals surface area (Å²) in [7, 11) is -3.78. The molecular formula is C13H12N4O3S. The van der Waals surface area contributed by atoms with Gasteiger partial charge < -0.3 is 4.84 Å². The van der Waals surface area contributed by atoms with E-state index in [1.807, 2.05) is 0 Å². The van der Waals surface area contributed by atoms with Crippen LogP contribution in [0.25, 0.3) is 0 Å². The third-order valence-corrected chi connectivity index (χ3v) is 4.09. The fourth-order valence-electron chi connectivity index (χ4n) is 1.79. The maximum absolute atomic E-state index is 12.5. The van der Waals surface area contributed by atoms with Gasteiger partial charge in [0.1, 0.15) is 11.2 Å². The first-order valence-corrected chi connectivity index (χ1v) is 7.56. The van der Waals surface area contributed by atoms with Crippen LogP contribution >= 0.6 is 0 Å². The number of rotatable bonds is 4. The Labute approximate surface area is 121 Å². The highest BCUT2D eigenvalue weighted by Gasteiger charge is 2.25. The van der Waals surface area contributed by atoms with E-state index in [0.717, 1.165) is 0 Å². The van der Waals surface area contributed by atoms with Crippen LogP contribution in [0.5, 0.6) is 0 Å². The molecule has 0 aliphatic carbocycles. The number of aromatic nitrogens is 1. The number of hydrogen-bond acceptors (Lipinski definition) is 6. The van der Waals surface area contributed by atoms with Crippen LogP contribution < -0.4 is 15.3 Å². The van der Waals surface area contributed by atoms with E-state index >= 15 is 0 Å². The minimum absolute atomic E-state index is 0.00468. The summed E-state index contributed by atoms with van der Waals surface area (Å²) in [6.07, 6.45) is 4.39. The molecule has 1 aliphatic rings. The van der Waals surface area contributed by atoms with E-state index in [-0.39, 0.29) is 10.7 Å². The second-order valence-electron chi connectivity index (χ2n) is 4.13. The van der Waals surface area contributed by atoms with Crippen LogP contribution in [0.2, 0.25) is 0 Å². The Morgan fingerprint density at radius 3 is 2.67 bits per heavy atom. The Morgan fingerprint density at radius 1 is 1.14 bits per heavy atom. The van der Waals surface area contributed by atoms with E-state index in [0.29, 0.717) is 5.69 Å². The van der Waals surface area contributed by atoms with Crippen molar-refractivity contribution in [2.24, 2.45) is 0 Å². The molecule has 8 heteroatoms. The van der Waals surface area contributed by atoms with Crippen molar-refractivity contribution >= 4 is 21.5 Å². The van der Waals surface area contributed by atoms with Crippen molar-refractivity contribution in [1.29, 1.82) is 0 Å². The number of sulfonamides is 1. The molecule has 1 aliphatic heterocycles. The summed E-state index contributed by atoms with van der Waals surface area (Å²) < 4.78 is 27.5. The molecule has 1 aromatic carbocycles. The summed E-state index contributed by atoms with van der Waals surface area (Å²) in [5.41, 5.74) is 3.20. The Hall–Kier alpha value is -2.74. The minimum atomic E-state index is -3.78. The molecule has 0 spiro atoms. The maximum Gasteiger partial charge on any atom is 0.265 e. The molecule has 2 heterocycles. The largest absolute Gasteiger partial charge is 0.364 e. The predicted octanol–water partition coefficient (Wildman–Crippen LogP) is 1.61. The zero-order valence-electron chi connectivity index (χ0n) is 10.8. The minimum Gasteiger partial charge on any atom is -0.364 e. The van der Waals surface area contributed by atoms with Gasteiger partial charge in [0.25, 0.3) is 10.0 Å². The number of pyridine rings is 1. The number of anilines is 2. The maximum atomic E-state index is 12.5. The summed E-state index contributed by atoms with van der Waals surface area (Å²) in [4.78, 5) is 9.16. The Kier molecular flexibility index (Phi) is 3.36. The van der Waals surface area contributed by atoms with Gasteiger partial charge in [-0.2, -0.15) is 0 Å². The van der Waals surface area contributed by atoms with Gasteiger partial charge in [0, 0.05) is 11.9 Å². The van der Waals surface area contributed by atoms with Gasteiger partial charge in [-0.15, -0.1) is 0 Å². The molecule has 0 fully saturated rings. The third-order valence-electron chi connectivity index (χ3n) is 2.68. The molecule has 0 saturated heterocycles. The van der Waals surface area contributed by atoms with Gasteiger partial charge in [0.2, 0.25) is 5.82 Å². The molecule has 2 aromatic rings. The molecule has 0 unspecified atom stereocenters. The molecule has 3 rings (SSSR count). The number of benzene rings is 1. The van der Waals surface area contributed by atoms with Crippen LogP contribution in [0, 0.1) is 0 Å². The molecular weight excluding hydrogens is 292 g/mol. The molecule has 0 saturated carbocycles. The fourth-order valence-corrected chi connectivity index (χ4v) is 2.98. The molecule has 2 N–H and O–H groups in total. The lowest BCUT2D eigenvalue weighted by atomic mass is 10.3. The fraction of sp³-hybridized carbons (Fsp3) is 0. The molecule has 0 bridgehead atoms. The topological polar surface area (TPSA) is 83.6 Å². The number of hydrazine groups is 1. The summed E-state index contributed by atoms with van der Waals surface area (Å²) in [6.45, 7) is 0. The van der Waals surface area contributed by atoms with Gasteiger partial charge in [-0.05, 0) is 24.3 Å². The second kappa shape index (κ2) is 5.33. The monoisotopic (exact) mass is 304 g/mol. The lowest BCUT2D eigenvalue weighted by Gasteiger charge is -2.18. The average molecular weight is 304 g/mol. The SMILES string of the molecule is O=S(=O)(Nc1ccccc1)c1cccnc1N1NC=CO1. The second-order valence-corrected chi connectivity index (χ2v) is 5.78. The number of para-hydroxylation sites is 1. The zero-order valence-corrected chi connectivity index (χ0v) is 11.6.